The highest BCUT2D eigenvalue weighted by Gasteiger charge is 2.30. The normalized spacial score (nSPS) is 15.4. The zero-order valence-corrected chi connectivity index (χ0v) is 22.3. The van der Waals surface area contributed by atoms with E-state index in [1.54, 1.807) is 11.3 Å². The molecule has 0 spiro atoms. The van der Waals surface area contributed by atoms with Crippen LogP contribution in [0.15, 0.2) is 102 Å². The Bertz CT molecular complexity index is 1520. The second-order valence-corrected chi connectivity index (χ2v) is 11.0. The molecule has 5 aromatic rings. The van der Waals surface area contributed by atoms with E-state index in [1.165, 1.54) is 23.3 Å². The van der Waals surface area contributed by atoms with Gasteiger partial charge in [0.15, 0.2) is 0 Å². The maximum Gasteiger partial charge on any atom is 0.252 e. The zero-order valence-electron chi connectivity index (χ0n) is 21.5. The Morgan fingerprint density at radius 1 is 0.842 bits per heavy atom. The fourth-order valence-corrected chi connectivity index (χ4v) is 6.52. The lowest BCUT2D eigenvalue weighted by Crippen LogP contribution is -2.43. The van der Waals surface area contributed by atoms with Crippen molar-refractivity contribution >= 4 is 28.1 Å². The van der Waals surface area contributed by atoms with Crippen LogP contribution in [0.1, 0.15) is 41.0 Å². The van der Waals surface area contributed by atoms with Gasteiger partial charge in [-0.05, 0) is 67.6 Å². The molecule has 0 unspecified atom stereocenters. The minimum absolute atomic E-state index is 0.0280. The molecule has 0 bridgehead atoms. The number of pyridine rings is 1. The number of likely N-dealkylation sites (tertiary alicyclic amines) is 1. The third-order valence-electron chi connectivity index (χ3n) is 7.45. The summed E-state index contributed by atoms with van der Waals surface area (Å²) in [5, 5.41) is 6.36. The molecule has 2 atom stereocenters. The van der Waals surface area contributed by atoms with E-state index in [4.69, 9.17) is 4.98 Å². The van der Waals surface area contributed by atoms with Crippen LogP contribution in [-0.2, 0) is 0 Å². The number of fused-ring (bicyclic) bond motifs is 1. The fraction of sp³-hybridized carbons (Fsp3) is 0.212. The molecule has 4 nitrogen and oxygen atoms in total. The summed E-state index contributed by atoms with van der Waals surface area (Å²) in [7, 11) is 0. The Labute approximate surface area is 228 Å². The number of benzene rings is 3. The van der Waals surface area contributed by atoms with Crippen LogP contribution < -0.4 is 5.32 Å². The molecule has 6 rings (SSSR count). The molecule has 0 saturated carbocycles. The van der Waals surface area contributed by atoms with E-state index < -0.39 is 0 Å². The monoisotopic (exact) mass is 517 g/mol. The maximum absolute atomic E-state index is 13.8. The summed E-state index contributed by atoms with van der Waals surface area (Å²) in [6, 6.07) is 33.0. The topological polar surface area (TPSA) is 45.2 Å². The minimum atomic E-state index is -0.0565. The maximum atomic E-state index is 13.8. The highest BCUT2D eigenvalue weighted by Crippen LogP contribution is 2.32. The average molecular weight is 518 g/mol. The van der Waals surface area contributed by atoms with E-state index in [0.717, 1.165) is 40.8 Å². The van der Waals surface area contributed by atoms with Crippen molar-refractivity contribution in [2.24, 2.45) is 0 Å². The molecule has 0 radical (unpaired) electrons. The molecule has 1 saturated heterocycles. The van der Waals surface area contributed by atoms with E-state index >= 15 is 0 Å². The molecule has 2 aromatic heterocycles. The van der Waals surface area contributed by atoms with Gasteiger partial charge >= 0.3 is 0 Å². The van der Waals surface area contributed by atoms with Gasteiger partial charge in [-0.2, -0.15) is 0 Å². The summed E-state index contributed by atoms with van der Waals surface area (Å²) in [5.74, 6) is -0.0565. The number of rotatable bonds is 7. The second-order valence-electron chi connectivity index (χ2n) is 9.98. The fourth-order valence-electron chi connectivity index (χ4n) is 5.56. The summed E-state index contributed by atoms with van der Waals surface area (Å²) in [6.45, 7) is 4.28. The SMILES string of the molecule is C[C@H](NC(=O)c1cc(-c2ccc(-c3ccccc3)cc2)nc2ccccc12)[C@H](c1cccs1)N1CCCC1. The summed E-state index contributed by atoms with van der Waals surface area (Å²) in [6.07, 6.45) is 2.42. The van der Waals surface area contributed by atoms with Crippen molar-refractivity contribution in [2.45, 2.75) is 31.8 Å². The molecule has 1 amide bonds. The molecule has 1 fully saturated rings. The smallest absolute Gasteiger partial charge is 0.252 e. The first kappa shape index (κ1) is 24.5. The number of carbonyl (C=O) groups is 1. The van der Waals surface area contributed by atoms with Gasteiger partial charge < -0.3 is 5.32 Å². The van der Waals surface area contributed by atoms with E-state index in [2.05, 4.69) is 71.1 Å². The van der Waals surface area contributed by atoms with Crippen molar-refractivity contribution in [2.75, 3.05) is 13.1 Å². The van der Waals surface area contributed by atoms with Crippen LogP contribution in [0.25, 0.3) is 33.3 Å². The van der Waals surface area contributed by atoms with Gasteiger partial charge in [0.1, 0.15) is 0 Å². The molecule has 0 aliphatic carbocycles. The molecule has 1 aliphatic rings. The van der Waals surface area contributed by atoms with Gasteiger partial charge in [0.05, 0.1) is 22.8 Å². The van der Waals surface area contributed by atoms with Crippen LogP contribution >= 0.6 is 11.3 Å². The van der Waals surface area contributed by atoms with Gasteiger partial charge in [-0.3, -0.25) is 9.69 Å². The van der Waals surface area contributed by atoms with Crippen LogP contribution in [-0.4, -0.2) is 34.9 Å². The first-order valence-corrected chi connectivity index (χ1v) is 14.2. The lowest BCUT2D eigenvalue weighted by Gasteiger charge is -2.32. The van der Waals surface area contributed by atoms with Gasteiger partial charge in [-0.15, -0.1) is 11.3 Å². The van der Waals surface area contributed by atoms with Crippen molar-refractivity contribution in [1.29, 1.82) is 0 Å². The molecule has 5 heteroatoms. The number of nitrogens with zero attached hydrogens (tertiary/aromatic N) is 2. The summed E-state index contributed by atoms with van der Waals surface area (Å²) in [5.41, 5.74) is 5.61. The minimum Gasteiger partial charge on any atom is -0.348 e. The second kappa shape index (κ2) is 10.9. The lowest BCUT2D eigenvalue weighted by molar-refractivity contribution is 0.0909. The van der Waals surface area contributed by atoms with Gasteiger partial charge in [-0.1, -0.05) is 78.9 Å². The van der Waals surface area contributed by atoms with Crippen molar-refractivity contribution in [3.05, 3.63) is 113 Å². The Morgan fingerprint density at radius 3 is 2.26 bits per heavy atom. The largest absolute Gasteiger partial charge is 0.348 e. The van der Waals surface area contributed by atoms with Crippen LogP contribution in [0.4, 0.5) is 0 Å². The number of nitrogens with one attached hydrogen (secondary N) is 1. The van der Waals surface area contributed by atoms with Gasteiger partial charge in [-0.25, -0.2) is 4.98 Å². The number of amides is 1. The number of para-hydroxylation sites is 1. The number of hydrogen-bond donors (Lipinski definition) is 1. The van der Waals surface area contributed by atoms with E-state index in [9.17, 15) is 4.79 Å². The number of hydrogen-bond acceptors (Lipinski definition) is 4. The van der Waals surface area contributed by atoms with E-state index in [-0.39, 0.29) is 18.0 Å². The predicted octanol–water partition coefficient (Wildman–Crippen LogP) is 7.59. The lowest BCUT2D eigenvalue weighted by atomic mass is 10.00. The number of aromatic nitrogens is 1. The van der Waals surface area contributed by atoms with Crippen LogP contribution in [0.2, 0.25) is 0 Å². The standard InChI is InChI=1S/C33H31N3OS/c1-23(32(31-14-9-21-38-31)36-19-7-8-20-36)34-33(37)28-22-30(35-29-13-6-5-12-27(28)29)26-17-15-25(16-18-26)24-10-3-2-4-11-24/h2-6,9-18,21-23,32H,7-8,19-20H2,1H3,(H,34,37)/t23-,32+/m0/s1. The Morgan fingerprint density at radius 2 is 1.53 bits per heavy atom. The summed E-state index contributed by atoms with van der Waals surface area (Å²) >= 11 is 1.77. The zero-order chi connectivity index (χ0) is 25.9. The Kier molecular flexibility index (Phi) is 7.04. The molecule has 3 aromatic carbocycles. The van der Waals surface area contributed by atoms with Gasteiger partial charge in [0, 0.05) is 21.9 Å². The third-order valence-corrected chi connectivity index (χ3v) is 8.39. The number of thiophene rings is 1. The molecule has 1 N–H and O–H groups in total. The van der Waals surface area contributed by atoms with Crippen molar-refractivity contribution in [3.8, 4) is 22.4 Å². The Balaban J connectivity index is 1.32. The van der Waals surface area contributed by atoms with Crippen molar-refractivity contribution < 1.29 is 4.79 Å². The predicted molar refractivity (Wildman–Crippen MR) is 157 cm³/mol. The quantitative estimate of drug-likeness (QED) is 0.242. The summed E-state index contributed by atoms with van der Waals surface area (Å²) in [4.78, 5) is 22.6. The van der Waals surface area contributed by atoms with E-state index in [1.807, 2.05) is 48.5 Å². The summed E-state index contributed by atoms with van der Waals surface area (Å²) < 4.78 is 0. The highest BCUT2D eigenvalue weighted by molar-refractivity contribution is 7.10. The van der Waals surface area contributed by atoms with Crippen molar-refractivity contribution in [3.63, 3.8) is 0 Å². The number of carbonyl (C=O) groups excluding carboxylic acids is 1. The van der Waals surface area contributed by atoms with Crippen LogP contribution in [0, 0.1) is 0 Å². The van der Waals surface area contributed by atoms with Crippen molar-refractivity contribution in [1.82, 2.24) is 15.2 Å². The molecule has 3 heterocycles. The van der Waals surface area contributed by atoms with E-state index in [0.29, 0.717) is 5.56 Å². The highest BCUT2D eigenvalue weighted by atomic mass is 32.1. The third kappa shape index (κ3) is 5.00. The first-order valence-electron chi connectivity index (χ1n) is 13.3. The Hall–Kier alpha value is -3.80. The molecular weight excluding hydrogens is 486 g/mol. The average Bonchev–Trinajstić information content (AvgIpc) is 3.69. The van der Waals surface area contributed by atoms with Crippen LogP contribution in [0.3, 0.4) is 0 Å². The first-order chi connectivity index (χ1) is 18.7. The molecule has 190 valence electrons. The van der Waals surface area contributed by atoms with Crippen LogP contribution in [0.5, 0.6) is 0 Å². The van der Waals surface area contributed by atoms with Gasteiger partial charge in [0.25, 0.3) is 5.91 Å². The van der Waals surface area contributed by atoms with Gasteiger partial charge in [0.2, 0.25) is 0 Å². The molecular formula is C33H31N3OS. The molecule has 38 heavy (non-hydrogen) atoms. The molecule has 1 aliphatic heterocycles.